The molecule has 4 aromatic carbocycles. The number of amides is 1. The molecule has 0 aliphatic carbocycles. The number of carboxylic acid groups (broad SMARTS) is 1. The van der Waals surface area contributed by atoms with Gasteiger partial charge in [-0.05, 0) is 115 Å². The topological polar surface area (TPSA) is 153 Å². The van der Waals surface area contributed by atoms with Crippen molar-refractivity contribution in [1.29, 1.82) is 0 Å². The Bertz CT molecular complexity index is 2740. The predicted molar refractivity (Wildman–Crippen MR) is 253 cm³/mol. The number of benzene rings is 4. The first-order valence-corrected chi connectivity index (χ1v) is 25.0. The Labute approximate surface area is 368 Å². The van der Waals surface area contributed by atoms with Gasteiger partial charge in [0.15, 0.2) is 13.9 Å². The van der Waals surface area contributed by atoms with Crippen LogP contribution < -0.4 is 21.5 Å². The average molecular weight is 870 g/mol. The first-order valence-electron chi connectivity index (χ1n) is 22.1. The summed E-state index contributed by atoms with van der Waals surface area (Å²) in [6, 6.07) is 28.5. The minimum absolute atomic E-state index is 0.00720. The molecule has 3 aliphatic rings. The maximum absolute atomic E-state index is 13.1. The monoisotopic (exact) mass is 869 g/mol. The molecule has 4 N–H and O–H groups in total. The van der Waals surface area contributed by atoms with Crippen molar-refractivity contribution in [2.75, 3.05) is 31.1 Å². The second-order valence-corrected chi connectivity index (χ2v) is 23.4. The maximum atomic E-state index is 13.1. The van der Waals surface area contributed by atoms with Gasteiger partial charge in [-0.15, -0.1) is 0 Å². The van der Waals surface area contributed by atoms with Crippen LogP contribution in [-0.2, 0) is 17.5 Å². The number of hydrogen-bond donors (Lipinski definition) is 4. The zero-order valence-electron chi connectivity index (χ0n) is 36.9. The number of rotatable bonds is 15. The molecule has 5 heterocycles. The fourth-order valence-electron chi connectivity index (χ4n) is 9.02. The Morgan fingerprint density at radius 3 is 2.51 bits per heavy atom. The fourth-order valence-corrected chi connectivity index (χ4v) is 10.3. The van der Waals surface area contributed by atoms with Gasteiger partial charge in [-0.2, -0.15) is 0 Å². The second kappa shape index (κ2) is 18.2. The fraction of sp³-hybridized carbons (Fsp3) is 0.380. The van der Waals surface area contributed by atoms with E-state index in [0.29, 0.717) is 55.2 Å². The number of pyridine rings is 1. The van der Waals surface area contributed by atoms with Gasteiger partial charge < -0.3 is 34.3 Å². The molecule has 12 nitrogen and oxygen atoms in total. The quantitative estimate of drug-likeness (QED) is 0.0584. The summed E-state index contributed by atoms with van der Waals surface area (Å²) < 4.78 is 14.4. The Kier molecular flexibility index (Phi) is 12.7. The summed E-state index contributed by atoms with van der Waals surface area (Å²) in [6.45, 7) is 15.3. The third-order valence-corrected chi connectivity index (χ3v) is 18.0. The highest BCUT2D eigenvalue weighted by Gasteiger charge is 2.41. The number of H-pyrrole nitrogens is 1. The number of aromatic amines is 1. The van der Waals surface area contributed by atoms with E-state index in [0.717, 1.165) is 71.2 Å². The molecule has 2 atom stereocenters. The summed E-state index contributed by atoms with van der Waals surface area (Å²) in [5.74, 6) is -0.0473. The van der Waals surface area contributed by atoms with Crippen molar-refractivity contribution in [3.8, 4) is 16.9 Å². The molecule has 1 unspecified atom stereocenters. The highest BCUT2D eigenvalue weighted by atomic mass is 28.4. The molecule has 63 heavy (non-hydrogen) atoms. The molecule has 330 valence electrons. The number of oxazole rings is 1. The normalized spacial score (nSPS) is 18.4. The van der Waals surface area contributed by atoms with E-state index in [4.69, 9.17) is 8.84 Å². The van der Waals surface area contributed by atoms with E-state index in [9.17, 15) is 24.6 Å². The Morgan fingerprint density at radius 1 is 1.02 bits per heavy atom. The summed E-state index contributed by atoms with van der Waals surface area (Å²) in [5, 5.41) is 25.5. The van der Waals surface area contributed by atoms with Crippen molar-refractivity contribution in [3.05, 3.63) is 135 Å². The Hall–Kier alpha value is -5.73. The van der Waals surface area contributed by atoms with Gasteiger partial charge in [-0.3, -0.25) is 14.3 Å². The first-order chi connectivity index (χ1) is 30.2. The molecule has 2 aromatic heterocycles. The lowest BCUT2D eigenvalue weighted by Crippen LogP contribution is -2.59. The number of aromatic hydroxyl groups is 1. The van der Waals surface area contributed by atoms with Crippen LogP contribution in [0.3, 0.4) is 0 Å². The number of allylic oxidation sites excluding steroid dienone is 1. The Morgan fingerprint density at radius 2 is 1.79 bits per heavy atom. The number of aryl methyl sites for hydroxylation is 1. The summed E-state index contributed by atoms with van der Waals surface area (Å²) in [5.41, 5.74) is 6.70. The van der Waals surface area contributed by atoms with E-state index < -0.39 is 20.2 Å². The standard InChI is InChI=1S/C50H59N5O7Si/c1-50(2,3)63(4,5)62-45(38-18-21-43(56)47-39(38)19-22-46(57)52-47)31-51-30-34-16-20-40-44(29-34)61-49(60)54(40)25-11-7-8-12-33-15-17-37(35-13-9-6-10-14-35)41(28-33)55(48(58)59)42-32-53-26-23-36(42)24-27-53/h6,8-10,12-22,28-29,36,42,45,51,56H,7,11,23-27,30-32H2,1-5H3,(H,52,57)(H,58,59)/t42?,45-/m0/s1. The molecule has 6 aromatic rings. The van der Waals surface area contributed by atoms with Gasteiger partial charge >= 0.3 is 11.8 Å². The molecular weight excluding hydrogens is 811 g/mol. The molecule has 2 bridgehead atoms. The van der Waals surface area contributed by atoms with E-state index in [2.05, 4.69) is 55.1 Å². The lowest BCUT2D eigenvalue weighted by Gasteiger charge is -2.48. The van der Waals surface area contributed by atoms with Crippen LogP contribution >= 0.6 is 0 Å². The van der Waals surface area contributed by atoms with Gasteiger partial charge in [0, 0.05) is 43.2 Å². The van der Waals surface area contributed by atoms with Crippen LogP contribution in [0.4, 0.5) is 10.5 Å². The number of nitrogens with zero attached hydrogens (tertiary/aromatic N) is 3. The van der Waals surface area contributed by atoms with Crippen LogP contribution in [0.2, 0.25) is 18.1 Å². The number of hydrogen-bond acceptors (Lipinski definition) is 8. The first kappa shape index (κ1) is 43.9. The van der Waals surface area contributed by atoms with Gasteiger partial charge in [-0.25, -0.2) is 9.59 Å². The van der Waals surface area contributed by atoms with Crippen LogP contribution in [0.25, 0.3) is 39.2 Å². The zero-order chi connectivity index (χ0) is 44.5. The highest BCUT2D eigenvalue weighted by Crippen LogP contribution is 2.42. The highest BCUT2D eigenvalue weighted by molar-refractivity contribution is 6.74. The van der Waals surface area contributed by atoms with Crippen LogP contribution in [-0.4, -0.2) is 71.3 Å². The minimum atomic E-state index is -2.25. The number of aromatic nitrogens is 2. The van der Waals surface area contributed by atoms with Gasteiger partial charge in [0.1, 0.15) is 5.75 Å². The molecule has 9 rings (SSSR count). The molecule has 0 radical (unpaired) electrons. The largest absolute Gasteiger partial charge is 0.506 e. The molecular formula is C50H59N5O7Si. The van der Waals surface area contributed by atoms with E-state index in [-0.39, 0.29) is 28.5 Å². The number of piperidine rings is 3. The summed E-state index contributed by atoms with van der Waals surface area (Å²) >= 11 is 0. The van der Waals surface area contributed by atoms with Crippen LogP contribution in [0.5, 0.6) is 5.75 Å². The number of fused-ring (bicyclic) bond motifs is 5. The molecule has 3 aliphatic heterocycles. The number of carbonyl (C=O) groups is 1. The van der Waals surface area contributed by atoms with Crippen molar-refractivity contribution in [2.24, 2.45) is 5.92 Å². The summed E-state index contributed by atoms with van der Waals surface area (Å²) in [6.07, 6.45) is 6.29. The van der Waals surface area contributed by atoms with Crippen LogP contribution in [0, 0.1) is 5.92 Å². The van der Waals surface area contributed by atoms with Crippen molar-refractivity contribution in [1.82, 2.24) is 19.8 Å². The SMILES string of the molecule is CC(C)(C)[Si](C)(C)O[C@@H](CNCc1ccc2c(c1)oc(=O)n2CCCC=Cc1ccc(-c2ccccc2)c(N(C(=O)O)C2CN3CCC2CC3)c1)c1ccc(O)c2[nH]c(=O)ccc12. The summed E-state index contributed by atoms with van der Waals surface area (Å²) in [7, 11) is -2.25. The third kappa shape index (κ3) is 9.47. The van der Waals surface area contributed by atoms with Gasteiger partial charge in [-0.1, -0.05) is 87.5 Å². The Balaban J connectivity index is 0.936. The van der Waals surface area contributed by atoms with E-state index >= 15 is 0 Å². The summed E-state index contributed by atoms with van der Waals surface area (Å²) in [4.78, 5) is 45.0. The number of anilines is 1. The van der Waals surface area contributed by atoms with Crippen molar-refractivity contribution in [2.45, 2.75) is 89.8 Å². The van der Waals surface area contributed by atoms with Crippen LogP contribution in [0.1, 0.15) is 69.2 Å². The van der Waals surface area contributed by atoms with Crippen molar-refractivity contribution in [3.63, 3.8) is 0 Å². The van der Waals surface area contributed by atoms with E-state index in [1.807, 2.05) is 78.9 Å². The minimum Gasteiger partial charge on any atom is -0.506 e. The third-order valence-electron chi connectivity index (χ3n) is 13.5. The number of nitrogens with one attached hydrogen (secondary N) is 2. The van der Waals surface area contributed by atoms with Gasteiger partial charge in [0.2, 0.25) is 5.56 Å². The molecule has 13 heteroatoms. The predicted octanol–water partition coefficient (Wildman–Crippen LogP) is 9.73. The lowest BCUT2D eigenvalue weighted by atomic mass is 9.82. The van der Waals surface area contributed by atoms with Crippen molar-refractivity contribution >= 4 is 48.2 Å². The van der Waals surface area contributed by atoms with Gasteiger partial charge in [0.25, 0.3) is 0 Å². The van der Waals surface area contributed by atoms with Crippen molar-refractivity contribution < 1.29 is 23.9 Å². The number of phenols is 1. The molecule has 1 amide bonds. The molecule has 0 spiro atoms. The maximum Gasteiger partial charge on any atom is 0.419 e. The average Bonchev–Trinajstić information content (AvgIpc) is 3.57. The van der Waals surface area contributed by atoms with Gasteiger partial charge in [0.05, 0.1) is 28.9 Å². The van der Waals surface area contributed by atoms with Crippen LogP contribution in [0.15, 0.2) is 111 Å². The molecule has 3 fully saturated rings. The smallest absolute Gasteiger partial charge is 0.419 e. The number of unbranched alkanes of at least 4 members (excludes halogenated alkanes) is 1. The molecule has 3 saturated heterocycles. The van der Waals surface area contributed by atoms with E-state index in [1.54, 1.807) is 21.6 Å². The molecule has 0 saturated carbocycles. The lowest BCUT2D eigenvalue weighted by molar-refractivity contribution is 0.0838. The zero-order valence-corrected chi connectivity index (χ0v) is 37.9. The number of phenolic OH excluding ortho intramolecular Hbond substituents is 1. The second-order valence-electron chi connectivity index (χ2n) is 18.6. The van der Waals surface area contributed by atoms with E-state index in [1.165, 1.54) is 6.07 Å².